The van der Waals surface area contributed by atoms with E-state index in [4.69, 9.17) is 14.2 Å². The number of aliphatic carboxylic acids is 1. The Balaban J connectivity index is 1.80. The van der Waals surface area contributed by atoms with Crippen molar-refractivity contribution in [3.8, 4) is 11.5 Å². The second-order valence-electron chi connectivity index (χ2n) is 5.02. The second kappa shape index (κ2) is 5.25. The van der Waals surface area contributed by atoms with Crippen molar-refractivity contribution in [2.75, 3.05) is 20.0 Å². The summed E-state index contributed by atoms with van der Waals surface area (Å²) in [6, 6.07) is 4.76. The molecule has 1 saturated heterocycles. The van der Waals surface area contributed by atoms with Crippen LogP contribution in [0.25, 0.3) is 0 Å². The minimum atomic E-state index is -1.27. The molecule has 21 heavy (non-hydrogen) atoms. The normalized spacial score (nSPS) is 19.0. The summed E-state index contributed by atoms with van der Waals surface area (Å²) in [4.78, 5) is 23.8. The van der Waals surface area contributed by atoms with Crippen molar-refractivity contribution in [3.63, 3.8) is 0 Å². The highest BCUT2D eigenvalue weighted by Gasteiger charge is 2.41. The van der Waals surface area contributed by atoms with Crippen LogP contribution < -0.4 is 14.8 Å². The van der Waals surface area contributed by atoms with E-state index in [-0.39, 0.29) is 19.6 Å². The Labute approximate surface area is 120 Å². The number of benzene rings is 1. The molecule has 3 rings (SSSR count). The largest absolute Gasteiger partial charge is 0.480 e. The van der Waals surface area contributed by atoms with Crippen LogP contribution in [0.3, 0.4) is 0 Å². The number of rotatable bonds is 3. The zero-order chi connectivity index (χ0) is 14.9. The summed E-state index contributed by atoms with van der Waals surface area (Å²) in [5.41, 5.74) is -0.933. The summed E-state index contributed by atoms with van der Waals surface area (Å²) >= 11 is 0. The molecule has 0 unspecified atom stereocenters. The third-order valence-electron chi connectivity index (χ3n) is 3.74. The van der Waals surface area contributed by atoms with Crippen molar-refractivity contribution in [2.45, 2.75) is 18.4 Å². The van der Waals surface area contributed by atoms with Crippen LogP contribution >= 0.6 is 0 Å². The van der Waals surface area contributed by atoms with Gasteiger partial charge in [-0.15, -0.1) is 0 Å². The average molecular weight is 293 g/mol. The third kappa shape index (κ3) is 2.52. The van der Waals surface area contributed by atoms with Gasteiger partial charge in [0.25, 0.3) is 5.91 Å². The molecule has 7 heteroatoms. The van der Waals surface area contributed by atoms with Gasteiger partial charge >= 0.3 is 5.97 Å². The first-order valence-corrected chi connectivity index (χ1v) is 6.64. The van der Waals surface area contributed by atoms with Crippen LogP contribution in [0.4, 0.5) is 0 Å². The first kappa shape index (κ1) is 13.7. The molecule has 1 aromatic carbocycles. The molecule has 1 fully saturated rings. The Kier molecular flexibility index (Phi) is 3.42. The van der Waals surface area contributed by atoms with Gasteiger partial charge in [-0.05, 0) is 18.2 Å². The molecule has 0 atom stereocenters. The SMILES string of the molecule is O=C(NC1(C(=O)O)CCOCC1)c1ccc2c(c1)OCO2. The topological polar surface area (TPSA) is 94.1 Å². The smallest absolute Gasteiger partial charge is 0.329 e. The molecular formula is C14H15NO6. The molecule has 2 aliphatic rings. The van der Waals surface area contributed by atoms with Crippen molar-refractivity contribution in [1.82, 2.24) is 5.32 Å². The van der Waals surface area contributed by atoms with Gasteiger partial charge in [0.1, 0.15) is 5.54 Å². The number of carbonyl (C=O) groups excluding carboxylic acids is 1. The van der Waals surface area contributed by atoms with Gasteiger partial charge in [-0.3, -0.25) is 4.79 Å². The molecular weight excluding hydrogens is 278 g/mol. The highest BCUT2D eigenvalue weighted by atomic mass is 16.7. The second-order valence-corrected chi connectivity index (χ2v) is 5.02. The molecule has 1 amide bonds. The lowest BCUT2D eigenvalue weighted by Gasteiger charge is -2.33. The molecule has 0 spiro atoms. The first-order chi connectivity index (χ1) is 10.1. The Morgan fingerprint density at radius 2 is 1.86 bits per heavy atom. The molecule has 0 radical (unpaired) electrons. The van der Waals surface area contributed by atoms with Crippen LogP contribution in [0.15, 0.2) is 18.2 Å². The summed E-state index contributed by atoms with van der Waals surface area (Å²) in [7, 11) is 0. The lowest BCUT2D eigenvalue weighted by Crippen LogP contribution is -2.57. The molecule has 7 nitrogen and oxygen atoms in total. The Morgan fingerprint density at radius 1 is 1.14 bits per heavy atom. The number of carboxylic acid groups (broad SMARTS) is 1. The highest BCUT2D eigenvalue weighted by Crippen LogP contribution is 2.32. The number of amides is 1. The lowest BCUT2D eigenvalue weighted by molar-refractivity contribution is -0.148. The summed E-state index contributed by atoms with van der Waals surface area (Å²) in [6.45, 7) is 0.748. The minimum Gasteiger partial charge on any atom is -0.480 e. The fourth-order valence-electron chi connectivity index (χ4n) is 2.44. The van der Waals surface area contributed by atoms with Crippen LogP contribution in [0.2, 0.25) is 0 Å². The monoisotopic (exact) mass is 293 g/mol. The van der Waals surface area contributed by atoms with Crippen LogP contribution in [0, 0.1) is 0 Å². The van der Waals surface area contributed by atoms with E-state index in [0.29, 0.717) is 30.3 Å². The van der Waals surface area contributed by atoms with Gasteiger partial charge in [-0.2, -0.15) is 0 Å². The Morgan fingerprint density at radius 3 is 2.57 bits per heavy atom. The van der Waals surface area contributed by atoms with Gasteiger partial charge in [0.15, 0.2) is 11.5 Å². The molecule has 0 aliphatic carbocycles. The van der Waals surface area contributed by atoms with Crippen molar-refractivity contribution in [3.05, 3.63) is 23.8 Å². The van der Waals surface area contributed by atoms with Crippen LogP contribution in [-0.4, -0.2) is 42.5 Å². The fraction of sp³-hybridized carbons (Fsp3) is 0.429. The summed E-state index contributed by atoms with van der Waals surface area (Å²) in [6.07, 6.45) is 0.497. The molecule has 2 aliphatic heterocycles. The van der Waals surface area contributed by atoms with E-state index in [0.717, 1.165) is 0 Å². The van der Waals surface area contributed by atoms with E-state index in [1.807, 2.05) is 0 Å². The van der Waals surface area contributed by atoms with Gasteiger partial charge < -0.3 is 24.6 Å². The van der Waals surface area contributed by atoms with Crippen molar-refractivity contribution < 1.29 is 28.9 Å². The maximum Gasteiger partial charge on any atom is 0.329 e. The van der Waals surface area contributed by atoms with E-state index in [9.17, 15) is 14.7 Å². The number of carboxylic acids is 1. The molecule has 0 saturated carbocycles. The molecule has 1 aromatic rings. The fourth-order valence-corrected chi connectivity index (χ4v) is 2.44. The quantitative estimate of drug-likeness (QED) is 0.855. The Bertz CT molecular complexity index is 579. The van der Waals surface area contributed by atoms with E-state index >= 15 is 0 Å². The predicted octanol–water partition coefficient (Wildman–Crippen LogP) is 0.779. The van der Waals surface area contributed by atoms with Crippen molar-refractivity contribution >= 4 is 11.9 Å². The summed E-state index contributed by atoms with van der Waals surface area (Å²) in [5, 5.41) is 12.0. The average Bonchev–Trinajstić information content (AvgIpc) is 2.95. The maximum absolute atomic E-state index is 12.3. The molecule has 2 heterocycles. The van der Waals surface area contributed by atoms with Gasteiger partial charge in [0, 0.05) is 31.6 Å². The summed E-state index contributed by atoms with van der Waals surface area (Å²) in [5.74, 6) is -0.429. The maximum atomic E-state index is 12.3. The van der Waals surface area contributed by atoms with Gasteiger partial charge in [0.05, 0.1) is 0 Å². The summed E-state index contributed by atoms with van der Waals surface area (Å²) < 4.78 is 15.6. The standard InChI is InChI=1S/C14H15NO6/c16-12(9-1-2-10-11(7-9)21-8-20-10)15-14(13(17)18)3-5-19-6-4-14/h1-2,7H,3-6,8H2,(H,15,16)(H,17,18). The van der Waals surface area contributed by atoms with Crippen molar-refractivity contribution in [1.29, 1.82) is 0 Å². The van der Waals surface area contributed by atoms with Gasteiger partial charge in [0.2, 0.25) is 6.79 Å². The van der Waals surface area contributed by atoms with E-state index in [1.165, 1.54) is 0 Å². The Hall–Kier alpha value is -2.28. The molecule has 0 aromatic heterocycles. The number of hydrogen-bond acceptors (Lipinski definition) is 5. The van der Waals surface area contributed by atoms with E-state index in [2.05, 4.69) is 5.32 Å². The van der Waals surface area contributed by atoms with Gasteiger partial charge in [-0.1, -0.05) is 0 Å². The lowest BCUT2D eigenvalue weighted by atomic mass is 9.89. The van der Waals surface area contributed by atoms with Gasteiger partial charge in [-0.25, -0.2) is 4.79 Å². The molecule has 2 N–H and O–H groups in total. The first-order valence-electron chi connectivity index (χ1n) is 6.64. The number of nitrogens with one attached hydrogen (secondary N) is 1. The number of hydrogen-bond donors (Lipinski definition) is 2. The van der Waals surface area contributed by atoms with Crippen molar-refractivity contribution in [2.24, 2.45) is 0 Å². The predicted molar refractivity (Wildman–Crippen MR) is 70.5 cm³/mol. The van der Waals surface area contributed by atoms with Crippen LogP contribution in [0.5, 0.6) is 11.5 Å². The molecule has 0 bridgehead atoms. The minimum absolute atomic E-state index is 0.122. The van der Waals surface area contributed by atoms with E-state index < -0.39 is 17.4 Å². The number of fused-ring (bicyclic) bond motifs is 1. The highest BCUT2D eigenvalue weighted by molar-refractivity contribution is 5.98. The molecule has 112 valence electrons. The van der Waals surface area contributed by atoms with Crippen LogP contribution in [0.1, 0.15) is 23.2 Å². The zero-order valence-corrected chi connectivity index (χ0v) is 11.3. The number of carbonyl (C=O) groups is 2. The van der Waals surface area contributed by atoms with E-state index in [1.54, 1.807) is 18.2 Å². The van der Waals surface area contributed by atoms with Crippen LogP contribution in [-0.2, 0) is 9.53 Å². The third-order valence-corrected chi connectivity index (χ3v) is 3.74. The zero-order valence-electron chi connectivity index (χ0n) is 11.3. The number of ether oxygens (including phenoxy) is 3.